The molecule has 0 atom stereocenters. The van der Waals surface area contributed by atoms with Crippen molar-refractivity contribution in [3.8, 4) is 5.75 Å². The summed E-state index contributed by atoms with van der Waals surface area (Å²) in [5, 5.41) is 13.1. The van der Waals surface area contributed by atoms with Crippen LogP contribution in [0.3, 0.4) is 0 Å². The molecule has 9 heteroatoms. The molecule has 0 spiro atoms. The third kappa shape index (κ3) is 4.72. The van der Waals surface area contributed by atoms with Gasteiger partial charge in [-0.1, -0.05) is 30.3 Å². The molecule has 2 aromatic carbocycles. The van der Waals surface area contributed by atoms with Gasteiger partial charge in [0.15, 0.2) is 5.82 Å². The highest BCUT2D eigenvalue weighted by Gasteiger charge is 2.17. The van der Waals surface area contributed by atoms with Crippen LogP contribution in [0, 0.1) is 5.82 Å². The average molecular weight is 438 g/mol. The zero-order valence-electron chi connectivity index (χ0n) is 16.6. The number of fused-ring (bicyclic) bond motifs is 1. The van der Waals surface area contributed by atoms with Gasteiger partial charge in [0.05, 0.1) is 23.8 Å². The van der Waals surface area contributed by atoms with E-state index >= 15 is 0 Å². The summed E-state index contributed by atoms with van der Waals surface area (Å²) in [4.78, 5) is 26.0. The number of thiophene rings is 1. The van der Waals surface area contributed by atoms with Crippen molar-refractivity contribution in [3.05, 3.63) is 76.4 Å². The van der Waals surface area contributed by atoms with E-state index in [0.29, 0.717) is 32.2 Å². The van der Waals surface area contributed by atoms with Gasteiger partial charge in [-0.05, 0) is 29.8 Å². The zero-order chi connectivity index (χ0) is 21.8. The van der Waals surface area contributed by atoms with E-state index in [1.165, 1.54) is 17.4 Å². The van der Waals surface area contributed by atoms with E-state index in [1.54, 1.807) is 37.4 Å². The lowest BCUT2D eigenvalue weighted by molar-refractivity contribution is -0.115. The van der Waals surface area contributed by atoms with Crippen molar-refractivity contribution in [1.29, 1.82) is 0 Å². The molecule has 158 valence electrons. The summed E-state index contributed by atoms with van der Waals surface area (Å²) in [5.41, 5.74) is 1.22. The van der Waals surface area contributed by atoms with Crippen LogP contribution in [0.4, 0.5) is 10.2 Å². The molecule has 0 fully saturated rings. The molecule has 2 heterocycles. The Morgan fingerprint density at radius 2 is 2.00 bits per heavy atom. The molecule has 4 rings (SSSR count). The Labute approximate surface area is 181 Å². The Bertz CT molecular complexity index is 1250. The van der Waals surface area contributed by atoms with E-state index in [1.807, 2.05) is 18.2 Å². The molecule has 2 aromatic heterocycles. The van der Waals surface area contributed by atoms with Gasteiger partial charge >= 0.3 is 0 Å². The fraction of sp³-hybridized carbons (Fsp3) is 0.136. The summed E-state index contributed by atoms with van der Waals surface area (Å²) in [6, 6.07) is 15.2. The lowest BCUT2D eigenvalue weighted by Crippen LogP contribution is -2.22. The number of aromatic amines is 1. The highest BCUT2D eigenvalue weighted by atomic mass is 32.1. The summed E-state index contributed by atoms with van der Waals surface area (Å²) in [6.07, 6.45) is 0.158. The third-order valence-corrected chi connectivity index (χ3v) is 5.67. The first-order chi connectivity index (χ1) is 15.0. The first-order valence-electron chi connectivity index (χ1n) is 9.46. The lowest BCUT2D eigenvalue weighted by Gasteiger charge is -2.05. The van der Waals surface area contributed by atoms with Gasteiger partial charge in [0, 0.05) is 12.1 Å². The van der Waals surface area contributed by atoms with Crippen molar-refractivity contribution in [2.24, 2.45) is 0 Å². The Kier molecular flexibility index (Phi) is 5.94. The summed E-state index contributed by atoms with van der Waals surface area (Å²) < 4.78 is 18.9. The van der Waals surface area contributed by atoms with E-state index < -0.39 is 0 Å². The number of nitrogens with zero attached hydrogens (tertiary/aromatic N) is 1. The summed E-state index contributed by atoms with van der Waals surface area (Å²) >= 11 is 1.21. The fourth-order valence-electron chi connectivity index (χ4n) is 3.07. The number of amides is 2. The number of halogens is 1. The van der Waals surface area contributed by atoms with Crippen LogP contribution in [0.1, 0.15) is 20.8 Å². The SMILES string of the molecule is COc1cccc(CC(=O)Nc2n[nH]c3sc(C(=O)NCc4ccccc4F)cc23)c1. The number of benzene rings is 2. The topological polar surface area (TPSA) is 96.1 Å². The monoisotopic (exact) mass is 438 g/mol. The Hall–Kier alpha value is -3.72. The number of carbonyl (C=O) groups excluding carboxylic acids is 2. The molecule has 7 nitrogen and oxygen atoms in total. The quantitative estimate of drug-likeness (QED) is 0.408. The first kappa shape index (κ1) is 20.5. The van der Waals surface area contributed by atoms with Crippen molar-refractivity contribution in [2.75, 3.05) is 12.4 Å². The minimum atomic E-state index is -0.369. The van der Waals surface area contributed by atoms with Crippen LogP contribution >= 0.6 is 11.3 Å². The van der Waals surface area contributed by atoms with Gasteiger partial charge in [-0.3, -0.25) is 14.7 Å². The molecule has 0 saturated heterocycles. The molecule has 4 aromatic rings. The molecule has 0 unspecified atom stereocenters. The van der Waals surface area contributed by atoms with Crippen LogP contribution in [0.5, 0.6) is 5.75 Å². The van der Waals surface area contributed by atoms with E-state index in [-0.39, 0.29) is 30.6 Å². The molecular weight excluding hydrogens is 419 g/mol. The molecule has 0 saturated carbocycles. The predicted octanol–water partition coefficient (Wildman–Crippen LogP) is 3.88. The second-order valence-corrected chi connectivity index (χ2v) is 7.83. The molecular formula is C22H19FN4O3S. The van der Waals surface area contributed by atoms with E-state index in [2.05, 4.69) is 20.8 Å². The van der Waals surface area contributed by atoms with Gasteiger partial charge in [-0.15, -0.1) is 11.3 Å². The van der Waals surface area contributed by atoms with Gasteiger partial charge in [-0.25, -0.2) is 4.39 Å². The number of H-pyrrole nitrogens is 1. The number of hydrogen-bond acceptors (Lipinski definition) is 5. The standard InChI is InChI=1S/C22H19FN4O3S/c1-30-15-7-4-5-13(9-15)10-19(28)25-20-16-11-18(31-22(16)27-26-20)21(29)24-12-14-6-2-3-8-17(14)23/h2-9,11H,10,12H2,1H3,(H,24,29)(H2,25,26,27,28). The maximum atomic E-state index is 13.7. The number of anilines is 1. The molecule has 0 aliphatic carbocycles. The van der Waals surface area contributed by atoms with Gasteiger partial charge in [-0.2, -0.15) is 5.10 Å². The van der Waals surface area contributed by atoms with Crippen LogP contribution in [0.15, 0.2) is 54.6 Å². The predicted molar refractivity (Wildman–Crippen MR) is 117 cm³/mol. The van der Waals surface area contributed by atoms with Crippen molar-refractivity contribution in [3.63, 3.8) is 0 Å². The maximum Gasteiger partial charge on any atom is 0.261 e. The average Bonchev–Trinajstić information content (AvgIpc) is 3.35. The van der Waals surface area contributed by atoms with Crippen molar-refractivity contribution >= 4 is 39.2 Å². The van der Waals surface area contributed by atoms with Crippen molar-refractivity contribution in [1.82, 2.24) is 15.5 Å². The van der Waals surface area contributed by atoms with E-state index in [9.17, 15) is 14.0 Å². The number of aromatic nitrogens is 2. The van der Waals surface area contributed by atoms with Gasteiger partial charge in [0.2, 0.25) is 5.91 Å². The highest BCUT2D eigenvalue weighted by Crippen LogP contribution is 2.29. The van der Waals surface area contributed by atoms with Crippen molar-refractivity contribution in [2.45, 2.75) is 13.0 Å². The van der Waals surface area contributed by atoms with Gasteiger partial charge < -0.3 is 15.4 Å². The fourth-order valence-corrected chi connectivity index (χ4v) is 3.99. The number of rotatable bonds is 7. The molecule has 31 heavy (non-hydrogen) atoms. The molecule has 2 amide bonds. The second kappa shape index (κ2) is 8.97. The number of nitrogens with one attached hydrogen (secondary N) is 3. The van der Waals surface area contributed by atoms with Crippen LogP contribution in [0.2, 0.25) is 0 Å². The minimum Gasteiger partial charge on any atom is -0.497 e. The van der Waals surface area contributed by atoms with Crippen LogP contribution < -0.4 is 15.4 Å². The summed E-state index contributed by atoms with van der Waals surface area (Å²) in [7, 11) is 1.57. The Balaban J connectivity index is 1.42. The molecule has 0 aliphatic rings. The zero-order valence-corrected chi connectivity index (χ0v) is 17.4. The first-order valence-corrected chi connectivity index (χ1v) is 10.3. The van der Waals surface area contributed by atoms with Gasteiger partial charge in [0.1, 0.15) is 16.4 Å². The lowest BCUT2D eigenvalue weighted by atomic mass is 10.1. The normalized spacial score (nSPS) is 10.8. The second-order valence-electron chi connectivity index (χ2n) is 6.78. The number of hydrogen-bond donors (Lipinski definition) is 3. The number of methoxy groups -OCH3 is 1. The van der Waals surface area contributed by atoms with Crippen LogP contribution in [-0.2, 0) is 17.8 Å². The smallest absolute Gasteiger partial charge is 0.261 e. The van der Waals surface area contributed by atoms with E-state index in [0.717, 1.165) is 5.56 Å². The Morgan fingerprint density at radius 3 is 2.81 bits per heavy atom. The largest absolute Gasteiger partial charge is 0.497 e. The van der Waals surface area contributed by atoms with Crippen LogP contribution in [-0.4, -0.2) is 29.1 Å². The maximum absolute atomic E-state index is 13.7. The molecule has 0 aliphatic heterocycles. The van der Waals surface area contributed by atoms with Gasteiger partial charge in [0.25, 0.3) is 5.91 Å². The molecule has 3 N–H and O–H groups in total. The van der Waals surface area contributed by atoms with E-state index in [4.69, 9.17) is 4.74 Å². The summed E-state index contributed by atoms with van der Waals surface area (Å²) in [5.74, 6) is 0.0971. The molecule has 0 bridgehead atoms. The Morgan fingerprint density at radius 1 is 1.16 bits per heavy atom. The third-order valence-electron chi connectivity index (χ3n) is 4.63. The van der Waals surface area contributed by atoms with Crippen molar-refractivity contribution < 1.29 is 18.7 Å². The number of carbonyl (C=O) groups is 2. The number of ether oxygens (including phenoxy) is 1. The molecule has 0 radical (unpaired) electrons. The summed E-state index contributed by atoms with van der Waals surface area (Å²) in [6.45, 7) is 0.0831. The minimum absolute atomic E-state index is 0.0831. The van der Waals surface area contributed by atoms with Crippen LogP contribution in [0.25, 0.3) is 10.2 Å². The highest BCUT2D eigenvalue weighted by molar-refractivity contribution is 7.20.